The maximum Gasteiger partial charge on any atom is 0.0540 e. The van der Waals surface area contributed by atoms with Crippen LogP contribution in [0, 0.1) is 5.41 Å². The molecule has 0 aromatic heterocycles. The smallest absolute Gasteiger partial charge is 0.0540 e. The Morgan fingerprint density at radius 1 is 1.00 bits per heavy atom. The first-order valence-electron chi connectivity index (χ1n) is 7.63. The lowest BCUT2D eigenvalue weighted by Gasteiger charge is -2.14. The Morgan fingerprint density at radius 3 is 2.30 bits per heavy atom. The topological polar surface area (TPSA) is 47.9 Å². The molecule has 0 aliphatic heterocycles. The first kappa shape index (κ1) is 17.1. The van der Waals surface area contributed by atoms with Crippen molar-refractivity contribution >= 4 is 23.0 Å². The van der Waals surface area contributed by atoms with E-state index in [2.05, 4.69) is 23.0 Å². The quantitative estimate of drug-likeness (QED) is 0.483. The summed E-state index contributed by atoms with van der Waals surface area (Å²) in [6.45, 7) is 3.94. The standard InChI is InChI=1S/C19H22ClN3/c1-14(19(21)13-8-16-6-4-3-5-7-16)15(2)22-23-18-11-9-17(20)10-12-18/h3-7,9-12,21-23H,8,13H2,1-2H3. The van der Waals surface area contributed by atoms with Gasteiger partial charge in [0.2, 0.25) is 0 Å². The second-order valence-corrected chi connectivity index (χ2v) is 5.91. The lowest BCUT2D eigenvalue weighted by Crippen LogP contribution is -2.22. The van der Waals surface area contributed by atoms with E-state index in [1.54, 1.807) is 0 Å². The SMILES string of the molecule is CC(NNc1ccc(Cl)cc1)=C(C)C(=N)CCc1ccccc1. The number of hydrogen-bond donors (Lipinski definition) is 3. The maximum atomic E-state index is 8.24. The third-order valence-corrected chi connectivity index (χ3v) is 4.01. The largest absolute Gasteiger partial charge is 0.305 e. The minimum atomic E-state index is 0.650. The van der Waals surface area contributed by atoms with Crippen LogP contribution in [-0.4, -0.2) is 5.71 Å². The van der Waals surface area contributed by atoms with Crippen LogP contribution in [0.3, 0.4) is 0 Å². The van der Waals surface area contributed by atoms with Crippen LogP contribution in [-0.2, 0) is 6.42 Å². The molecule has 0 unspecified atom stereocenters. The zero-order chi connectivity index (χ0) is 16.7. The maximum absolute atomic E-state index is 8.24. The van der Waals surface area contributed by atoms with Crippen molar-refractivity contribution in [1.29, 1.82) is 5.41 Å². The van der Waals surface area contributed by atoms with Crippen LogP contribution in [0.1, 0.15) is 25.8 Å². The monoisotopic (exact) mass is 327 g/mol. The van der Waals surface area contributed by atoms with Crippen molar-refractivity contribution in [2.45, 2.75) is 26.7 Å². The van der Waals surface area contributed by atoms with Crippen molar-refractivity contribution in [3.8, 4) is 0 Å². The van der Waals surface area contributed by atoms with Crippen LogP contribution in [0.2, 0.25) is 5.02 Å². The van der Waals surface area contributed by atoms with Gasteiger partial charge < -0.3 is 16.3 Å². The number of aryl methyl sites for hydroxylation is 1. The summed E-state index contributed by atoms with van der Waals surface area (Å²) in [6.07, 6.45) is 1.62. The van der Waals surface area contributed by atoms with Crippen molar-refractivity contribution in [3.05, 3.63) is 76.5 Å². The molecule has 0 saturated carbocycles. The summed E-state index contributed by atoms with van der Waals surface area (Å²) in [4.78, 5) is 0. The molecule has 120 valence electrons. The highest BCUT2D eigenvalue weighted by atomic mass is 35.5. The summed E-state index contributed by atoms with van der Waals surface area (Å²) in [6, 6.07) is 17.7. The molecular formula is C19H22ClN3. The van der Waals surface area contributed by atoms with E-state index in [1.807, 2.05) is 56.3 Å². The van der Waals surface area contributed by atoms with Crippen LogP contribution in [0.5, 0.6) is 0 Å². The molecule has 0 amide bonds. The Kier molecular flexibility index (Phi) is 6.24. The molecular weight excluding hydrogens is 306 g/mol. The molecule has 0 aliphatic carbocycles. The van der Waals surface area contributed by atoms with Gasteiger partial charge in [0, 0.05) is 16.4 Å². The molecule has 0 radical (unpaired) electrons. The van der Waals surface area contributed by atoms with Gasteiger partial charge in [-0.25, -0.2) is 0 Å². The van der Waals surface area contributed by atoms with E-state index in [0.717, 1.165) is 29.8 Å². The van der Waals surface area contributed by atoms with Crippen molar-refractivity contribution in [2.24, 2.45) is 0 Å². The predicted octanol–water partition coefficient (Wildman–Crippen LogP) is 5.20. The fraction of sp³-hybridized carbons (Fsp3) is 0.211. The number of rotatable bonds is 7. The fourth-order valence-electron chi connectivity index (χ4n) is 2.12. The first-order chi connectivity index (χ1) is 11.1. The Balaban J connectivity index is 1.88. The third-order valence-electron chi connectivity index (χ3n) is 3.76. The molecule has 23 heavy (non-hydrogen) atoms. The molecule has 0 saturated heterocycles. The lowest BCUT2D eigenvalue weighted by molar-refractivity contribution is 0.937. The van der Waals surface area contributed by atoms with Gasteiger partial charge in [0.05, 0.1) is 5.69 Å². The molecule has 3 N–H and O–H groups in total. The summed E-state index contributed by atoms with van der Waals surface area (Å²) in [7, 11) is 0. The second-order valence-electron chi connectivity index (χ2n) is 5.47. The van der Waals surface area contributed by atoms with Crippen molar-refractivity contribution < 1.29 is 0 Å². The van der Waals surface area contributed by atoms with E-state index in [-0.39, 0.29) is 0 Å². The first-order valence-corrected chi connectivity index (χ1v) is 8.01. The van der Waals surface area contributed by atoms with Gasteiger partial charge in [0.1, 0.15) is 0 Å². The molecule has 0 atom stereocenters. The van der Waals surface area contributed by atoms with Crippen molar-refractivity contribution in [1.82, 2.24) is 5.43 Å². The summed E-state index contributed by atoms with van der Waals surface area (Å²) in [5.74, 6) is 0. The average molecular weight is 328 g/mol. The Bertz CT molecular complexity index is 676. The summed E-state index contributed by atoms with van der Waals surface area (Å²) in [5.41, 5.74) is 11.0. The minimum Gasteiger partial charge on any atom is -0.305 e. The molecule has 2 rings (SSSR count). The van der Waals surface area contributed by atoms with Gasteiger partial charge in [-0.2, -0.15) is 0 Å². The van der Waals surface area contributed by atoms with Gasteiger partial charge in [-0.05, 0) is 62.1 Å². The highest BCUT2D eigenvalue weighted by molar-refractivity contribution is 6.30. The number of nitrogens with one attached hydrogen (secondary N) is 3. The van der Waals surface area contributed by atoms with E-state index in [0.29, 0.717) is 10.7 Å². The van der Waals surface area contributed by atoms with Gasteiger partial charge >= 0.3 is 0 Å². The average Bonchev–Trinajstić information content (AvgIpc) is 2.59. The summed E-state index contributed by atoms with van der Waals surface area (Å²) < 4.78 is 0. The van der Waals surface area contributed by atoms with E-state index >= 15 is 0 Å². The number of hydrogen-bond acceptors (Lipinski definition) is 3. The van der Waals surface area contributed by atoms with E-state index < -0.39 is 0 Å². The van der Waals surface area contributed by atoms with Gasteiger partial charge in [0.15, 0.2) is 0 Å². The molecule has 4 heteroatoms. The van der Waals surface area contributed by atoms with Crippen LogP contribution in [0.15, 0.2) is 65.9 Å². The molecule has 0 fully saturated rings. The normalized spacial score (nSPS) is 11.6. The fourth-order valence-corrected chi connectivity index (χ4v) is 2.25. The van der Waals surface area contributed by atoms with Gasteiger partial charge in [-0.3, -0.25) is 0 Å². The number of hydrazine groups is 1. The Labute approximate surface area is 142 Å². The molecule has 0 aliphatic rings. The van der Waals surface area contributed by atoms with Crippen LogP contribution >= 0.6 is 11.6 Å². The molecule has 0 heterocycles. The molecule has 0 spiro atoms. The number of allylic oxidation sites excluding steroid dienone is 2. The van der Waals surface area contributed by atoms with Crippen LogP contribution in [0.4, 0.5) is 5.69 Å². The number of anilines is 1. The second kappa shape index (κ2) is 8.39. The van der Waals surface area contributed by atoms with Gasteiger partial charge in [0.25, 0.3) is 0 Å². The Hall–Kier alpha value is -2.26. The van der Waals surface area contributed by atoms with Gasteiger partial charge in [-0.1, -0.05) is 41.9 Å². The van der Waals surface area contributed by atoms with E-state index in [9.17, 15) is 0 Å². The summed E-state index contributed by atoms with van der Waals surface area (Å²) in [5, 5.41) is 8.95. The Morgan fingerprint density at radius 2 is 1.65 bits per heavy atom. The zero-order valence-electron chi connectivity index (χ0n) is 13.5. The highest BCUT2D eigenvalue weighted by Crippen LogP contribution is 2.14. The lowest BCUT2D eigenvalue weighted by atomic mass is 10.0. The molecule has 3 nitrogen and oxygen atoms in total. The number of benzene rings is 2. The highest BCUT2D eigenvalue weighted by Gasteiger charge is 2.05. The van der Waals surface area contributed by atoms with Crippen molar-refractivity contribution in [2.75, 3.05) is 5.43 Å². The molecule has 2 aromatic carbocycles. The minimum absolute atomic E-state index is 0.650. The van der Waals surface area contributed by atoms with E-state index in [1.165, 1.54) is 5.56 Å². The molecule has 0 bridgehead atoms. The summed E-state index contributed by atoms with van der Waals surface area (Å²) >= 11 is 5.87. The number of halogens is 1. The molecule has 2 aromatic rings. The predicted molar refractivity (Wildman–Crippen MR) is 99.1 cm³/mol. The van der Waals surface area contributed by atoms with Crippen LogP contribution in [0.25, 0.3) is 0 Å². The van der Waals surface area contributed by atoms with Crippen LogP contribution < -0.4 is 10.9 Å². The van der Waals surface area contributed by atoms with Crippen molar-refractivity contribution in [3.63, 3.8) is 0 Å². The van der Waals surface area contributed by atoms with E-state index in [4.69, 9.17) is 17.0 Å². The third kappa shape index (κ3) is 5.46. The zero-order valence-corrected chi connectivity index (χ0v) is 14.2. The van der Waals surface area contributed by atoms with Gasteiger partial charge in [-0.15, -0.1) is 0 Å².